The van der Waals surface area contributed by atoms with Gasteiger partial charge in [-0.05, 0) is 45.0 Å². The second-order valence-corrected chi connectivity index (χ2v) is 11.9. The molecular formula is C31H31ClFN7O4. The van der Waals surface area contributed by atoms with Gasteiger partial charge >= 0.3 is 6.09 Å². The number of ether oxygens (including phenoxy) is 3. The van der Waals surface area contributed by atoms with Crippen LogP contribution in [0.15, 0.2) is 55.0 Å². The summed E-state index contributed by atoms with van der Waals surface area (Å²) in [5, 5.41) is 8.52. The Morgan fingerprint density at radius 1 is 1.07 bits per heavy atom. The van der Waals surface area contributed by atoms with Crippen LogP contribution in [0.4, 0.5) is 20.7 Å². The molecule has 3 aromatic heterocycles. The molecule has 0 spiro atoms. The third kappa shape index (κ3) is 6.60. The standard InChI is InChI=1S/C31H31ClFN7O4/c1-31(2,3)44-30(41)40-11-9-19(10-12-40)43-27-8-7-23-28(37-27)29(35-17-34-23)36-25-14-21(32)26(15-22(25)33)42-20-6-5-18-16-39(4)38-24(18)13-20/h5-8,13-17,19H,9-12H2,1-4H3,(H,34,35,36). The number of anilines is 2. The predicted octanol–water partition coefficient (Wildman–Crippen LogP) is 7.02. The van der Waals surface area contributed by atoms with E-state index in [1.165, 1.54) is 18.5 Å². The summed E-state index contributed by atoms with van der Waals surface area (Å²) in [6.07, 6.45) is 4.05. The molecule has 2 aromatic carbocycles. The van der Waals surface area contributed by atoms with Gasteiger partial charge in [0.05, 0.1) is 21.7 Å². The van der Waals surface area contributed by atoms with Crippen molar-refractivity contribution < 1.29 is 23.4 Å². The molecule has 1 aliphatic rings. The number of nitrogens with one attached hydrogen (secondary N) is 1. The third-order valence-corrected chi connectivity index (χ3v) is 7.23. The van der Waals surface area contributed by atoms with E-state index in [2.05, 4.69) is 25.4 Å². The first kappa shape index (κ1) is 29.4. The Morgan fingerprint density at radius 3 is 2.64 bits per heavy atom. The molecule has 1 saturated heterocycles. The second-order valence-electron chi connectivity index (χ2n) is 11.5. The van der Waals surface area contributed by atoms with Crippen molar-refractivity contribution in [1.29, 1.82) is 0 Å². The van der Waals surface area contributed by atoms with E-state index in [0.717, 1.165) is 10.9 Å². The molecule has 0 unspecified atom stereocenters. The minimum Gasteiger partial charge on any atom is -0.474 e. The van der Waals surface area contributed by atoms with Crippen LogP contribution in [0.3, 0.4) is 0 Å². The number of likely N-dealkylation sites (tertiary alicyclic amines) is 1. The molecule has 1 fully saturated rings. The molecule has 44 heavy (non-hydrogen) atoms. The smallest absolute Gasteiger partial charge is 0.410 e. The Kier molecular flexibility index (Phi) is 7.85. The lowest BCUT2D eigenvalue weighted by Crippen LogP contribution is -2.44. The monoisotopic (exact) mass is 619 g/mol. The molecule has 11 nitrogen and oxygen atoms in total. The van der Waals surface area contributed by atoms with E-state index in [-0.39, 0.29) is 34.5 Å². The summed E-state index contributed by atoms with van der Waals surface area (Å²) in [6, 6.07) is 11.5. The van der Waals surface area contributed by atoms with Gasteiger partial charge in [0.2, 0.25) is 5.88 Å². The molecule has 5 aromatic rings. The van der Waals surface area contributed by atoms with Crippen LogP contribution in [0.5, 0.6) is 17.4 Å². The highest BCUT2D eigenvalue weighted by Crippen LogP contribution is 2.36. The van der Waals surface area contributed by atoms with E-state index >= 15 is 4.39 Å². The maximum atomic E-state index is 15.3. The van der Waals surface area contributed by atoms with Crippen LogP contribution in [-0.2, 0) is 11.8 Å². The number of piperidine rings is 1. The summed E-state index contributed by atoms with van der Waals surface area (Å²) in [5.74, 6) is 0.693. The molecule has 0 radical (unpaired) electrons. The second kappa shape index (κ2) is 11.8. The summed E-state index contributed by atoms with van der Waals surface area (Å²) >= 11 is 6.50. The molecule has 1 amide bonds. The number of hydrogen-bond donors (Lipinski definition) is 1. The Morgan fingerprint density at radius 2 is 1.86 bits per heavy atom. The number of nitrogens with zero attached hydrogens (tertiary/aromatic N) is 6. The molecule has 0 saturated carbocycles. The number of aromatic nitrogens is 5. The van der Waals surface area contributed by atoms with Gasteiger partial charge in [-0.25, -0.2) is 24.1 Å². The van der Waals surface area contributed by atoms with Crippen molar-refractivity contribution in [3.63, 3.8) is 0 Å². The molecule has 6 rings (SSSR count). The van der Waals surface area contributed by atoms with Gasteiger partial charge < -0.3 is 24.4 Å². The number of pyridine rings is 1. The Bertz CT molecular complexity index is 1850. The molecule has 0 aliphatic carbocycles. The molecule has 1 N–H and O–H groups in total. The first-order valence-electron chi connectivity index (χ1n) is 14.1. The van der Waals surface area contributed by atoms with E-state index in [9.17, 15) is 4.79 Å². The number of carbonyl (C=O) groups excluding carboxylic acids is 1. The lowest BCUT2D eigenvalue weighted by Gasteiger charge is -2.33. The zero-order valence-electron chi connectivity index (χ0n) is 24.7. The average Bonchev–Trinajstić information content (AvgIpc) is 3.34. The lowest BCUT2D eigenvalue weighted by atomic mass is 10.1. The first-order chi connectivity index (χ1) is 21.0. The van der Waals surface area contributed by atoms with E-state index < -0.39 is 11.4 Å². The summed E-state index contributed by atoms with van der Waals surface area (Å²) in [5.41, 5.74) is 1.23. The number of hydrogen-bond acceptors (Lipinski definition) is 9. The van der Waals surface area contributed by atoms with E-state index in [1.807, 2.05) is 40.1 Å². The number of aryl methyl sites for hydroxylation is 1. The van der Waals surface area contributed by atoms with E-state index in [4.69, 9.17) is 25.8 Å². The lowest BCUT2D eigenvalue weighted by molar-refractivity contribution is 0.0123. The van der Waals surface area contributed by atoms with Gasteiger partial charge in [0, 0.05) is 62.8 Å². The largest absolute Gasteiger partial charge is 0.474 e. The maximum absolute atomic E-state index is 15.3. The van der Waals surface area contributed by atoms with Gasteiger partial charge in [0.15, 0.2) is 5.82 Å². The number of carbonyl (C=O) groups is 1. The number of halogens is 2. The Hall–Kier alpha value is -4.71. The van der Waals surface area contributed by atoms with Crippen LogP contribution in [0.1, 0.15) is 33.6 Å². The van der Waals surface area contributed by atoms with Gasteiger partial charge in [-0.3, -0.25) is 4.68 Å². The fourth-order valence-corrected chi connectivity index (χ4v) is 5.08. The minimum absolute atomic E-state index is 0.0881. The molecule has 228 valence electrons. The maximum Gasteiger partial charge on any atom is 0.410 e. The summed E-state index contributed by atoms with van der Waals surface area (Å²) in [7, 11) is 1.84. The highest BCUT2D eigenvalue weighted by atomic mass is 35.5. The van der Waals surface area contributed by atoms with Gasteiger partial charge in [-0.2, -0.15) is 5.10 Å². The molecular weight excluding hydrogens is 589 g/mol. The van der Waals surface area contributed by atoms with E-state index in [0.29, 0.717) is 48.6 Å². The van der Waals surface area contributed by atoms with Crippen molar-refractivity contribution in [3.05, 3.63) is 65.8 Å². The summed E-state index contributed by atoms with van der Waals surface area (Å²) in [4.78, 5) is 27.3. The normalized spacial score (nSPS) is 14.2. The number of rotatable bonds is 6. The van der Waals surface area contributed by atoms with Crippen molar-refractivity contribution in [2.24, 2.45) is 7.05 Å². The highest BCUT2D eigenvalue weighted by Gasteiger charge is 2.28. The number of benzene rings is 2. The highest BCUT2D eigenvalue weighted by molar-refractivity contribution is 6.32. The fraction of sp³-hybridized carbons (Fsp3) is 0.323. The summed E-state index contributed by atoms with van der Waals surface area (Å²) < 4.78 is 34.5. The van der Waals surface area contributed by atoms with Gasteiger partial charge in [0.25, 0.3) is 0 Å². The van der Waals surface area contributed by atoms with Crippen molar-refractivity contribution in [3.8, 4) is 17.4 Å². The van der Waals surface area contributed by atoms with Crippen molar-refractivity contribution in [2.45, 2.75) is 45.3 Å². The molecule has 4 heterocycles. The quantitative estimate of drug-likeness (QED) is 0.214. The third-order valence-electron chi connectivity index (χ3n) is 6.93. The molecule has 0 bridgehead atoms. The van der Waals surface area contributed by atoms with Crippen molar-refractivity contribution >= 4 is 51.1 Å². The van der Waals surface area contributed by atoms with Crippen molar-refractivity contribution in [1.82, 2.24) is 29.6 Å². The predicted molar refractivity (Wildman–Crippen MR) is 164 cm³/mol. The topological polar surface area (TPSA) is 117 Å². The fourth-order valence-electron chi connectivity index (χ4n) is 4.87. The van der Waals surface area contributed by atoms with Crippen LogP contribution < -0.4 is 14.8 Å². The van der Waals surface area contributed by atoms with Crippen LogP contribution in [0.2, 0.25) is 5.02 Å². The Labute approximate surface area is 257 Å². The SMILES string of the molecule is Cn1cc2ccc(Oc3cc(F)c(Nc4ncnc5ccc(OC6CCN(C(=O)OC(C)(C)C)CC6)nc45)cc3Cl)cc2n1. The van der Waals surface area contributed by atoms with Crippen molar-refractivity contribution in [2.75, 3.05) is 18.4 Å². The number of fused-ring (bicyclic) bond motifs is 2. The molecule has 13 heteroatoms. The van der Waals surface area contributed by atoms with Crippen LogP contribution in [0, 0.1) is 5.82 Å². The molecule has 1 aliphatic heterocycles. The van der Waals surface area contributed by atoms with Gasteiger partial charge in [-0.15, -0.1) is 0 Å². The zero-order chi connectivity index (χ0) is 31.0. The summed E-state index contributed by atoms with van der Waals surface area (Å²) in [6.45, 7) is 6.56. The van der Waals surface area contributed by atoms with Gasteiger partial charge in [0.1, 0.15) is 40.9 Å². The van der Waals surface area contributed by atoms with Crippen LogP contribution >= 0.6 is 11.6 Å². The minimum atomic E-state index is -0.598. The average molecular weight is 620 g/mol. The molecule has 0 atom stereocenters. The van der Waals surface area contributed by atoms with Crippen LogP contribution in [0.25, 0.3) is 21.9 Å². The van der Waals surface area contributed by atoms with Gasteiger partial charge in [-0.1, -0.05) is 11.6 Å². The van der Waals surface area contributed by atoms with Crippen LogP contribution in [-0.4, -0.2) is 60.5 Å². The Balaban J connectivity index is 1.15. The first-order valence-corrected chi connectivity index (χ1v) is 14.5. The number of amides is 1. The van der Waals surface area contributed by atoms with E-state index in [1.54, 1.807) is 33.8 Å². The zero-order valence-corrected chi connectivity index (χ0v) is 25.4.